The first-order chi connectivity index (χ1) is 13.2. The average Bonchev–Trinajstić information content (AvgIpc) is 2.68. The lowest BCUT2D eigenvalue weighted by Gasteiger charge is -2.23. The Balaban J connectivity index is 1.56. The third-order valence-electron chi connectivity index (χ3n) is 4.45. The number of rotatable bonds is 4. The Morgan fingerprint density at radius 3 is 2.63 bits per heavy atom. The number of nitrogens with one attached hydrogen (secondary N) is 2. The van der Waals surface area contributed by atoms with Gasteiger partial charge in [0.15, 0.2) is 0 Å². The quantitative estimate of drug-likeness (QED) is 0.548. The summed E-state index contributed by atoms with van der Waals surface area (Å²) in [6.07, 6.45) is 0.779. The zero-order chi connectivity index (χ0) is 18.6. The summed E-state index contributed by atoms with van der Waals surface area (Å²) in [7, 11) is 0. The van der Waals surface area contributed by atoms with Gasteiger partial charge in [-0.2, -0.15) is 0 Å². The van der Waals surface area contributed by atoms with E-state index in [9.17, 15) is 0 Å². The fourth-order valence-electron chi connectivity index (χ4n) is 3.10. The number of aliphatic imine (C=N–C) groups is 1. The maximum Gasteiger partial charge on any atom is 0.206 e. The molecule has 27 heavy (non-hydrogen) atoms. The van der Waals surface area contributed by atoms with E-state index in [-0.39, 0.29) is 0 Å². The number of halogens is 1. The van der Waals surface area contributed by atoms with Crippen LogP contribution in [0.25, 0.3) is 0 Å². The first-order valence-electron chi connectivity index (χ1n) is 8.84. The molecule has 0 atom stereocenters. The first-order valence-corrected chi connectivity index (χ1v) is 10.0. The van der Waals surface area contributed by atoms with Gasteiger partial charge in [0.2, 0.25) is 5.96 Å². The molecular formula is C22H20ClN3S. The van der Waals surface area contributed by atoms with Crippen LogP contribution in [0.1, 0.15) is 22.3 Å². The number of para-hydroxylation sites is 1. The van der Waals surface area contributed by atoms with Gasteiger partial charge >= 0.3 is 0 Å². The van der Waals surface area contributed by atoms with E-state index in [2.05, 4.69) is 65.5 Å². The lowest BCUT2D eigenvalue weighted by atomic mass is 10.0. The largest absolute Gasteiger partial charge is 0.324 e. The fourth-order valence-corrected chi connectivity index (χ4v) is 4.05. The highest BCUT2D eigenvalue weighted by atomic mass is 35.5. The van der Waals surface area contributed by atoms with E-state index in [1.165, 1.54) is 16.7 Å². The number of benzene rings is 3. The number of aryl methyl sites for hydroxylation is 1. The van der Waals surface area contributed by atoms with Crippen molar-refractivity contribution in [3.05, 3.63) is 94.0 Å². The van der Waals surface area contributed by atoms with Gasteiger partial charge in [-0.15, -0.1) is 0 Å². The van der Waals surface area contributed by atoms with Crippen LogP contribution in [-0.2, 0) is 13.0 Å². The third kappa shape index (κ3) is 4.29. The second-order valence-corrected chi connectivity index (χ2v) is 7.80. The van der Waals surface area contributed by atoms with Crippen molar-refractivity contribution in [2.45, 2.75) is 24.8 Å². The fraction of sp³-hybridized carbons (Fsp3) is 0.136. The van der Waals surface area contributed by atoms with E-state index in [1.807, 2.05) is 18.2 Å². The van der Waals surface area contributed by atoms with Gasteiger partial charge in [0.05, 0.1) is 17.1 Å². The van der Waals surface area contributed by atoms with Crippen molar-refractivity contribution in [1.82, 2.24) is 4.72 Å². The van der Waals surface area contributed by atoms with Crippen LogP contribution in [0.15, 0.2) is 76.6 Å². The Kier molecular flexibility index (Phi) is 5.37. The highest BCUT2D eigenvalue weighted by Gasteiger charge is 2.17. The van der Waals surface area contributed by atoms with Gasteiger partial charge in [-0.1, -0.05) is 71.8 Å². The minimum absolute atomic E-state index is 0.638. The molecule has 3 aromatic rings. The molecule has 1 heterocycles. The lowest BCUT2D eigenvalue weighted by Crippen LogP contribution is -2.30. The molecule has 0 aromatic heterocycles. The molecule has 0 bridgehead atoms. The second-order valence-electron chi connectivity index (χ2n) is 6.54. The summed E-state index contributed by atoms with van der Waals surface area (Å²) in [5.74, 6) is 0.778. The van der Waals surface area contributed by atoms with E-state index in [0.717, 1.165) is 33.5 Å². The standard InChI is InChI=1S/C22H20ClN3S/c1-15-6-4-7-16(12-15)14-24-22-25-21-18(9-5-11-20(21)27-26-22)13-17-8-2-3-10-19(17)23/h2-12H,13-14H2,1H3,(H2,24,25,26). The molecule has 2 N–H and O–H groups in total. The van der Waals surface area contributed by atoms with E-state index in [1.54, 1.807) is 11.9 Å². The van der Waals surface area contributed by atoms with Crippen molar-refractivity contribution in [2.75, 3.05) is 5.32 Å². The summed E-state index contributed by atoms with van der Waals surface area (Å²) < 4.78 is 3.29. The van der Waals surface area contributed by atoms with Crippen LogP contribution in [0.2, 0.25) is 5.02 Å². The van der Waals surface area contributed by atoms with Crippen LogP contribution in [0.4, 0.5) is 5.69 Å². The summed E-state index contributed by atoms with van der Waals surface area (Å²) in [6.45, 7) is 2.74. The molecule has 0 saturated carbocycles. The molecule has 0 spiro atoms. The van der Waals surface area contributed by atoms with E-state index >= 15 is 0 Å². The molecule has 5 heteroatoms. The Labute approximate surface area is 169 Å². The van der Waals surface area contributed by atoms with Crippen LogP contribution in [0.3, 0.4) is 0 Å². The predicted octanol–water partition coefficient (Wildman–Crippen LogP) is 5.82. The van der Waals surface area contributed by atoms with E-state index < -0.39 is 0 Å². The molecule has 0 radical (unpaired) electrons. The zero-order valence-corrected chi connectivity index (χ0v) is 16.6. The van der Waals surface area contributed by atoms with Crippen molar-refractivity contribution >= 4 is 35.2 Å². The number of fused-ring (bicyclic) bond motifs is 1. The minimum atomic E-state index is 0.638. The molecule has 0 fully saturated rings. The summed E-state index contributed by atoms with van der Waals surface area (Å²) >= 11 is 7.94. The van der Waals surface area contributed by atoms with Crippen molar-refractivity contribution < 1.29 is 0 Å². The minimum Gasteiger partial charge on any atom is -0.324 e. The van der Waals surface area contributed by atoms with Crippen molar-refractivity contribution in [2.24, 2.45) is 4.99 Å². The zero-order valence-electron chi connectivity index (χ0n) is 15.0. The number of hydrogen-bond donors (Lipinski definition) is 2. The van der Waals surface area contributed by atoms with Crippen molar-refractivity contribution in [1.29, 1.82) is 0 Å². The topological polar surface area (TPSA) is 36.4 Å². The van der Waals surface area contributed by atoms with Crippen molar-refractivity contribution in [3.8, 4) is 0 Å². The van der Waals surface area contributed by atoms with Gasteiger partial charge in [0, 0.05) is 11.4 Å². The van der Waals surface area contributed by atoms with E-state index in [0.29, 0.717) is 6.54 Å². The van der Waals surface area contributed by atoms with Crippen molar-refractivity contribution in [3.63, 3.8) is 0 Å². The monoisotopic (exact) mass is 393 g/mol. The molecular weight excluding hydrogens is 374 g/mol. The van der Waals surface area contributed by atoms with E-state index in [4.69, 9.17) is 16.6 Å². The van der Waals surface area contributed by atoms with Crippen LogP contribution >= 0.6 is 23.5 Å². The number of guanidine groups is 1. The number of nitrogens with zero attached hydrogens (tertiary/aromatic N) is 1. The van der Waals surface area contributed by atoms with Gasteiger partial charge in [0.1, 0.15) is 0 Å². The summed E-state index contributed by atoms with van der Waals surface area (Å²) in [5.41, 5.74) is 5.88. The SMILES string of the molecule is Cc1cccc(CN=C2NSc3cccc(Cc4ccccc4Cl)c3N2)c1. The molecule has 0 aliphatic carbocycles. The Bertz CT molecular complexity index is 1000. The van der Waals surface area contributed by atoms with Gasteiger partial charge < -0.3 is 5.32 Å². The summed E-state index contributed by atoms with van der Waals surface area (Å²) in [4.78, 5) is 5.87. The molecule has 3 nitrogen and oxygen atoms in total. The molecule has 3 aromatic carbocycles. The second kappa shape index (κ2) is 8.07. The Morgan fingerprint density at radius 2 is 1.78 bits per heavy atom. The predicted molar refractivity (Wildman–Crippen MR) is 116 cm³/mol. The summed E-state index contributed by atoms with van der Waals surface area (Å²) in [5, 5.41) is 4.26. The van der Waals surface area contributed by atoms with Crippen LogP contribution < -0.4 is 10.0 Å². The smallest absolute Gasteiger partial charge is 0.206 e. The Morgan fingerprint density at radius 1 is 0.963 bits per heavy atom. The van der Waals surface area contributed by atoms with Gasteiger partial charge in [0.25, 0.3) is 0 Å². The molecule has 1 aliphatic heterocycles. The molecule has 0 unspecified atom stereocenters. The highest BCUT2D eigenvalue weighted by molar-refractivity contribution is 7.98. The first kappa shape index (κ1) is 18.0. The van der Waals surface area contributed by atoms with Crippen LogP contribution in [-0.4, -0.2) is 5.96 Å². The molecule has 0 amide bonds. The molecule has 136 valence electrons. The maximum atomic E-state index is 6.35. The third-order valence-corrected chi connectivity index (χ3v) is 5.68. The number of hydrogen-bond acceptors (Lipinski definition) is 2. The van der Waals surface area contributed by atoms with Gasteiger partial charge in [-0.05, 0) is 47.7 Å². The van der Waals surface area contributed by atoms with Gasteiger partial charge in [-0.25, -0.2) is 4.99 Å². The number of anilines is 1. The molecule has 0 saturated heterocycles. The lowest BCUT2D eigenvalue weighted by molar-refractivity contribution is 1.04. The average molecular weight is 394 g/mol. The van der Waals surface area contributed by atoms with Gasteiger partial charge in [-0.3, -0.25) is 4.72 Å². The maximum absolute atomic E-state index is 6.35. The highest BCUT2D eigenvalue weighted by Crippen LogP contribution is 2.34. The molecule has 1 aliphatic rings. The molecule has 4 rings (SSSR count). The Hall–Kier alpha value is -2.43. The van der Waals surface area contributed by atoms with Crippen LogP contribution in [0.5, 0.6) is 0 Å². The summed E-state index contributed by atoms with van der Waals surface area (Å²) in [6, 6.07) is 22.7. The normalized spacial score (nSPS) is 14.4. The van der Waals surface area contributed by atoms with Crippen LogP contribution in [0, 0.1) is 6.92 Å².